The number of hydrogen-bond acceptors (Lipinski definition) is 4. The predicted octanol–water partition coefficient (Wildman–Crippen LogP) is 2.55. The van der Waals surface area contributed by atoms with E-state index in [1.54, 1.807) is 0 Å². The molecular formula is C14H22Cl2N4O. The largest absolute Gasteiger partial charge is 0.346 e. The summed E-state index contributed by atoms with van der Waals surface area (Å²) in [7, 11) is 0. The monoisotopic (exact) mass is 332 g/mol. The minimum absolute atomic E-state index is 0. The standard InChI is InChI=1S/C14H21ClN4O.ClH/c1-8(2)13-17-7-10(15)12(19-13)14(20)18-11-5-4-6-16-9(11)3;/h7-9,11,16H,4-6H2,1-3H3,(H,18,20);1H. The highest BCUT2D eigenvalue weighted by Gasteiger charge is 2.24. The van der Waals surface area contributed by atoms with E-state index in [1.165, 1.54) is 6.20 Å². The van der Waals surface area contributed by atoms with E-state index in [9.17, 15) is 4.79 Å². The molecule has 1 fully saturated rings. The van der Waals surface area contributed by atoms with Gasteiger partial charge in [0.05, 0.1) is 11.2 Å². The van der Waals surface area contributed by atoms with Crippen LogP contribution in [-0.4, -0.2) is 34.5 Å². The molecule has 5 nitrogen and oxygen atoms in total. The molecule has 0 bridgehead atoms. The summed E-state index contributed by atoms with van der Waals surface area (Å²) >= 11 is 6.05. The van der Waals surface area contributed by atoms with Crippen LogP contribution in [0.2, 0.25) is 5.02 Å². The average molecular weight is 333 g/mol. The van der Waals surface area contributed by atoms with Crippen LogP contribution in [-0.2, 0) is 0 Å². The quantitative estimate of drug-likeness (QED) is 0.892. The Kier molecular flexibility index (Phi) is 6.84. The molecule has 0 spiro atoms. The van der Waals surface area contributed by atoms with Crippen molar-refractivity contribution in [1.82, 2.24) is 20.6 Å². The normalized spacial score (nSPS) is 21.8. The second-order valence-corrected chi connectivity index (χ2v) is 5.95. The van der Waals surface area contributed by atoms with Gasteiger partial charge >= 0.3 is 0 Å². The van der Waals surface area contributed by atoms with E-state index in [0.717, 1.165) is 19.4 Å². The van der Waals surface area contributed by atoms with Crippen LogP contribution in [0, 0.1) is 0 Å². The maximum atomic E-state index is 12.3. The van der Waals surface area contributed by atoms with Crippen molar-refractivity contribution in [2.45, 2.75) is 51.6 Å². The summed E-state index contributed by atoms with van der Waals surface area (Å²) in [5.74, 6) is 0.573. The first-order chi connectivity index (χ1) is 9.49. The highest BCUT2D eigenvalue weighted by molar-refractivity contribution is 6.33. The number of nitrogens with zero attached hydrogens (tertiary/aromatic N) is 2. The maximum absolute atomic E-state index is 12.3. The molecule has 1 aliphatic rings. The van der Waals surface area contributed by atoms with Gasteiger partial charge in [-0.25, -0.2) is 9.97 Å². The Morgan fingerprint density at radius 3 is 2.86 bits per heavy atom. The Balaban J connectivity index is 0.00000220. The number of aromatic nitrogens is 2. The number of carbonyl (C=O) groups is 1. The van der Waals surface area contributed by atoms with Gasteiger partial charge in [0.1, 0.15) is 11.5 Å². The Hall–Kier alpha value is -0.910. The Labute approximate surface area is 136 Å². The van der Waals surface area contributed by atoms with Gasteiger partial charge in [0.2, 0.25) is 0 Å². The predicted molar refractivity (Wildman–Crippen MR) is 86.3 cm³/mol. The molecule has 2 N–H and O–H groups in total. The summed E-state index contributed by atoms with van der Waals surface area (Å²) < 4.78 is 0. The molecule has 21 heavy (non-hydrogen) atoms. The van der Waals surface area contributed by atoms with Gasteiger partial charge in [-0.3, -0.25) is 4.79 Å². The van der Waals surface area contributed by atoms with Crippen LogP contribution in [0.5, 0.6) is 0 Å². The number of hydrogen-bond donors (Lipinski definition) is 2. The molecule has 1 saturated heterocycles. The van der Waals surface area contributed by atoms with Crippen LogP contribution >= 0.6 is 24.0 Å². The number of amides is 1. The molecule has 2 heterocycles. The van der Waals surface area contributed by atoms with Crippen molar-refractivity contribution in [2.24, 2.45) is 0 Å². The summed E-state index contributed by atoms with van der Waals surface area (Å²) in [6.45, 7) is 7.04. The van der Waals surface area contributed by atoms with Crippen LogP contribution in [0.4, 0.5) is 0 Å². The van der Waals surface area contributed by atoms with Crippen molar-refractivity contribution >= 4 is 29.9 Å². The average Bonchev–Trinajstić information content (AvgIpc) is 2.41. The molecule has 1 aromatic rings. The number of rotatable bonds is 3. The number of nitrogens with one attached hydrogen (secondary N) is 2. The fraction of sp³-hybridized carbons (Fsp3) is 0.643. The molecule has 2 unspecified atom stereocenters. The minimum Gasteiger partial charge on any atom is -0.346 e. The van der Waals surface area contributed by atoms with Crippen molar-refractivity contribution < 1.29 is 4.79 Å². The maximum Gasteiger partial charge on any atom is 0.271 e. The lowest BCUT2D eigenvalue weighted by atomic mass is 10.00. The van der Waals surface area contributed by atoms with Crippen molar-refractivity contribution in [3.05, 3.63) is 22.7 Å². The third-order valence-corrected chi connectivity index (χ3v) is 3.85. The van der Waals surface area contributed by atoms with Crippen molar-refractivity contribution in [2.75, 3.05) is 6.54 Å². The smallest absolute Gasteiger partial charge is 0.271 e. The fourth-order valence-electron chi connectivity index (χ4n) is 2.30. The first-order valence-corrected chi connectivity index (χ1v) is 7.43. The SMILES string of the molecule is CC(C)c1ncc(Cl)c(C(=O)NC2CCCNC2C)n1.Cl. The van der Waals surface area contributed by atoms with Gasteiger partial charge in [0.15, 0.2) is 0 Å². The second-order valence-electron chi connectivity index (χ2n) is 5.54. The highest BCUT2D eigenvalue weighted by Crippen LogP contribution is 2.17. The van der Waals surface area contributed by atoms with E-state index in [4.69, 9.17) is 11.6 Å². The lowest BCUT2D eigenvalue weighted by Crippen LogP contribution is -2.52. The molecular weight excluding hydrogens is 311 g/mol. The number of piperidine rings is 1. The van der Waals surface area contributed by atoms with Crippen LogP contribution in [0.15, 0.2) is 6.20 Å². The number of halogens is 2. The first-order valence-electron chi connectivity index (χ1n) is 7.05. The summed E-state index contributed by atoms with van der Waals surface area (Å²) in [5.41, 5.74) is 0.267. The van der Waals surface area contributed by atoms with Crippen LogP contribution < -0.4 is 10.6 Å². The lowest BCUT2D eigenvalue weighted by Gasteiger charge is -2.30. The van der Waals surface area contributed by atoms with E-state index in [0.29, 0.717) is 10.8 Å². The summed E-state index contributed by atoms with van der Waals surface area (Å²) in [5, 5.41) is 6.66. The van der Waals surface area contributed by atoms with Gasteiger partial charge in [-0.1, -0.05) is 25.4 Å². The van der Waals surface area contributed by atoms with Gasteiger partial charge in [-0.2, -0.15) is 0 Å². The Bertz CT molecular complexity index is 496. The molecule has 0 aliphatic carbocycles. The molecule has 1 aliphatic heterocycles. The molecule has 2 rings (SSSR count). The highest BCUT2D eigenvalue weighted by atomic mass is 35.5. The third kappa shape index (κ3) is 4.53. The molecule has 0 saturated carbocycles. The molecule has 1 amide bonds. The van der Waals surface area contributed by atoms with Crippen LogP contribution in [0.25, 0.3) is 0 Å². The van der Waals surface area contributed by atoms with Gasteiger partial charge in [0, 0.05) is 18.0 Å². The zero-order chi connectivity index (χ0) is 14.7. The summed E-state index contributed by atoms with van der Waals surface area (Å²) in [6, 6.07) is 0.377. The molecule has 0 radical (unpaired) electrons. The Morgan fingerprint density at radius 1 is 1.52 bits per heavy atom. The summed E-state index contributed by atoms with van der Waals surface area (Å²) in [4.78, 5) is 20.8. The zero-order valence-corrected chi connectivity index (χ0v) is 14.1. The first kappa shape index (κ1) is 18.1. The van der Waals surface area contributed by atoms with Crippen molar-refractivity contribution in [3.63, 3.8) is 0 Å². The molecule has 1 aromatic heterocycles. The van der Waals surface area contributed by atoms with Crippen LogP contribution in [0.3, 0.4) is 0 Å². The fourth-order valence-corrected chi connectivity index (χ4v) is 2.47. The zero-order valence-electron chi connectivity index (χ0n) is 12.5. The van der Waals surface area contributed by atoms with E-state index < -0.39 is 0 Å². The molecule has 118 valence electrons. The lowest BCUT2D eigenvalue weighted by molar-refractivity contribution is 0.0914. The third-order valence-electron chi connectivity index (χ3n) is 3.57. The molecule has 2 atom stereocenters. The van der Waals surface area contributed by atoms with Gasteiger partial charge in [0.25, 0.3) is 5.91 Å². The molecule has 7 heteroatoms. The van der Waals surface area contributed by atoms with Crippen molar-refractivity contribution in [3.8, 4) is 0 Å². The summed E-state index contributed by atoms with van der Waals surface area (Å²) in [6.07, 6.45) is 3.53. The van der Waals surface area contributed by atoms with E-state index in [1.807, 2.05) is 13.8 Å². The van der Waals surface area contributed by atoms with E-state index >= 15 is 0 Å². The van der Waals surface area contributed by atoms with Gasteiger partial charge in [-0.05, 0) is 26.3 Å². The van der Waals surface area contributed by atoms with E-state index in [2.05, 4.69) is 27.5 Å². The molecule has 0 aromatic carbocycles. The van der Waals surface area contributed by atoms with Gasteiger partial charge < -0.3 is 10.6 Å². The van der Waals surface area contributed by atoms with Crippen molar-refractivity contribution in [1.29, 1.82) is 0 Å². The second kappa shape index (κ2) is 7.92. The topological polar surface area (TPSA) is 66.9 Å². The van der Waals surface area contributed by atoms with Gasteiger partial charge in [-0.15, -0.1) is 12.4 Å². The number of carbonyl (C=O) groups excluding carboxylic acids is 1. The minimum atomic E-state index is -0.222. The van der Waals surface area contributed by atoms with Crippen LogP contribution in [0.1, 0.15) is 55.8 Å². The van der Waals surface area contributed by atoms with E-state index in [-0.39, 0.29) is 42.0 Å². The Morgan fingerprint density at radius 2 is 2.24 bits per heavy atom.